The van der Waals surface area contributed by atoms with Crippen LogP contribution in [0, 0.1) is 5.82 Å². The normalized spacial score (nSPS) is 18.6. The topological polar surface area (TPSA) is 62.6 Å². The van der Waals surface area contributed by atoms with Gasteiger partial charge in [0.1, 0.15) is 17.4 Å². The summed E-state index contributed by atoms with van der Waals surface area (Å²) in [6.07, 6.45) is 6.46. The van der Waals surface area contributed by atoms with Gasteiger partial charge in [-0.05, 0) is 31.0 Å². The minimum Gasteiger partial charge on any atom is -0.496 e. The molecule has 2 aromatic rings. The van der Waals surface area contributed by atoms with Crippen molar-refractivity contribution in [2.24, 2.45) is 0 Å². The molecule has 4 rings (SSSR count). The van der Waals surface area contributed by atoms with Crippen LogP contribution in [0.2, 0.25) is 0 Å². The van der Waals surface area contributed by atoms with E-state index in [1.54, 1.807) is 19.4 Å². The first-order valence-corrected chi connectivity index (χ1v) is 10.7. The first-order chi connectivity index (χ1) is 14.6. The fraction of sp³-hybridized carbons (Fsp3) is 0.545. The molecule has 8 heteroatoms. The molecule has 0 spiro atoms. The summed E-state index contributed by atoms with van der Waals surface area (Å²) < 4.78 is 20.9. The number of nitrogens with one attached hydrogen (secondary N) is 1. The van der Waals surface area contributed by atoms with Gasteiger partial charge in [-0.25, -0.2) is 9.07 Å². The highest BCUT2D eigenvalue weighted by molar-refractivity contribution is 5.91. The Morgan fingerprint density at radius 3 is 2.63 bits per heavy atom. The quantitative estimate of drug-likeness (QED) is 0.754. The van der Waals surface area contributed by atoms with E-state index >= 15 is 0 Å². The van der Waals surface area contributed by atoms with Crippen molar-refractivity contribution in [3.05, 3.63) is 41.8 Å². The van der Waals surface area contributed by atoms with Crippen molar-refractivity contribution in [3.63, 3.8) is 0 Å². The van der Waals surface area contributed by atoms with Crippen molar-refractivity contribution < 1.29 is 13.9 Å². The Morgan fingerprint density at radius 2 is 1.90 bits per heavy atom. The van der Waals surface area contributed by atoms with Gasteiger partial charge in [0.25, 0.3) is 0 Å². The van der Waals surface area contributed by atoms with E-state index in [1.807, 2.05) is 10.7 Å². The lowest BCUT2D eigenvalue weighted by molar-refractivity contribution is -0.117. The Hall–Kier alpha value is -2.45. The zero-order valence-corrected chi connectivity index (χ0v) is 17.5. The number of ether oxygens (including phenoxy) is 1. The summed E-state index contributed by atoms with van der Waals surface area (Å²) in [6, 6.07) is 6.89. The molecular formula is C22H30FN5O2. The number of amides is 1. The average Bonchev–Trinajstić information content (AvgIpc) is 3.41. The molecule has 1 aliphatic carbocycles. The Balaban J connectivity index is 1.26. The molecule has 162 valence electrons. The Morgan fingerprint density at radius 1 is 1.17 bits per heavy atom. The van der Waals surface area contributed by atoms with Gasteiger partial charge < -0.3 is 10.1 Å². The number of hydrogen-bond acceptors (Lipinski definition) is 5. The summed E-state index contributed by atoms with van der Waals surface area (Å²) in [5.41, 5.74) is 0.851. The molecule has 0 atom stereocenters. The van der Waals surface area contributed by atoms with Gasteiger partial charge in [-0.1, -0.05) is 12.8 Å². The lowest BCUT2D eigenvalue weighted by atomic mass is 10.1. The van der Waals surface area contributed by atoms with E-state index in [0.717, 1.165) is 50.4 Å². The fourth-order valence-corrected chi connectivity index (χ4v) is 4.46. The van der Waals surface area contributed by atoms with Crippen LogP contribution in [-0.4, -0.2) is 65.3 Å². The monoisotopic (exact) mass is 415 g/mol. The first-order valence-electron chi connectivity index (χ1n) is 10.7. The van der Waals surface area contributed by atoms with E-state index in [4.69, 9.17) is 4.74 Å². The van der Waals surface area contributed by atoms with E-state index in [-0.39, 0.29) is 11.7 Å². The van der Waals surface area contributed by atoms with E-state index in [1.165, 1.54) is 25.0 Å². The highest BCUT2D eigenvalue weighted by Crippen LogP contribution is 2.31. The van der Waals surface area contributed by atoms with Crippen molar-refractivity contribution in [2.45, 2.75) is 38.3 Å². The molecule has 2 fully saturated rings. The third-order valence-electron chi connectivity index (χ3n) is 6.08. The van der Waals surface area contributed by atoms with Crippen molar-refractivity contribution in [3.8, 4) is 5.75 Å². The van der Waals surface area contributed by atoms with Gasteiger partial charge in [0, 0.05) is 44.4 Å². The number of benzene rings is 1. The Bertz CT molecular complexity index is 857. The van der Waals surface area contributed by atoms with E-state index in [2.05, 4.69) is 20.2 Å². The number of carbonyl (C=O) groups is 1. The lowest BCUT2D eigenvalue weighted by Gasteiger charge is -2.34. The minimum atomic E-state index is -0.252. The van der Waals surface area contributed by atoms with Gasteiger partial charge in [0.05, 0.1) is 25.9 Å². The Labute approximate surface area is 176 Å². The summed E-state index contributed by atoms with van der Waals surface area (Å²) in [7, 11) is 1.60. The molecular weight excluding hydrogens is 385 g/mol. The van der Waals surface area contributed by atoms with Crippen LogP contribution in [0.3, 0.4) is 0 Å². The third-order valence-corrected chi connectivity index (χ3v) is 6.08. The van der Waals surface area contributed by atoms with Gasteiger partial charge in [0.2, 0.25) is 5.91 Å². The molecule has 1 saturated heterocycles. The predicted octanol–water partition coefficient (Wildman–Crippen LogP) is 2.90. The molecule has 1 aliphatic heterocycles. The number of carbonyl (C=O) groups excluding carboxylic acids is 1. The zero-order chi connectivity index (χ0) is 20.9. The number of nitrogens with zero attached hydrogens (tertiary/aromatic N) is 4. The molecule has 7 nitrogen and oxygen atoms in total. The van der Waals surface area contributed by atoms with Crippen LogP contribution in [0.5, 0.6) is 5.75 Å². The summed E-state index contributed by atoms with van der Waals surface area (Å²) >= 11 is 0. The van der Waals surface area contributed by atoms with Crippen LogP contribution in [-0.2, 0) is 11.3 Å². The molecule has 2 aliphatic rings. The smallest absolute Gasteiger partial charge is 0.239 e. The maximum absolute atomic E-state index is 13.6. The largest absolute Gasteiger partial charge is 0.496 e. The molecule has 30 heavy (non-hydrogen) atoms. The second-order valence-electron chi connectivity index (χ2n) is 8.16. The molecule has 1 N–H and O–H groups in total. The van der Waals surface area contributed by atoms with Crippen LogP contribution < -0.4 is 10.1 Å². The summed E-state index contributed by atoms with van der Waals surface area (Å²) in [5.74, 6) is 1.24. The maximum Gasteiger partial charge on any atom is 0.239 e. The van der Waals surface area contributed by atoms with Crippen LogP contribution in [0.15, 0.2) is 30.5 Å². The maximum atomic E-state index is 13.6. The van der Waals surface area contributed by atoms with Gasteiger partial charge in [-0.3, -0.25) is 14.6 Å². The SMILES string of the molecule is COc1ccc(F)cc1CN1CCN(CC(=O)Nc2ccnn2C2CCCC2)CC1. The second kappa shape index (κ2) is 9.57. The van der Waals surface area contributed by atoms with E-state index in [9.17, 15) is 9.18 Å². The summed E-state index contributed by atoms with van der Waals surface area (Å²) in [6.45, 7) is 4.26. The lowest BCUT2D eigenvalue weighted by Crippen LogP contribution is -2.48. The number of methoxy groups -OCH3 is 1. The van der Waals surface area contributed by atoms with Gasteiger partial charge in [-0.15, -0.1) is 0 Å². The standard InChI is InChI=1S/C22H30FN5O2/c1-30-20-7-6-18(23)14-17(20)15-26-10-12-27(13-11-26)16-22(29)25-21-8-9-24-28(21)19-4-2-3-5-19/h6-9,14,19H,2-5,10-13,15-16H2,1H3,(H,25,29). The highest BCUT2D eigenvalue weighted by Gasteiger charge is 2.23. The molecule has 1 aromatic carbocycles. The first kappa shape index (κ1) is 20.8. The fourth-order valence-electron chi connectivity index (χ4n) is 4.46. The molecule has 0 unspecified atom stereocenters. The van der Waals surface area contributed by atoms with Gasteiger partial charge in [-0.2, -0.15) is 5.10 Å². The number of rotatable bonds is 7. The number of piperazine rings is 1. The van der Waals surface area contributed by atoms with Crippen LogP contribution in [0.4, 0.5) is 10.2 Å². The van der Waals surface area contributed by atoms with Crippen molar-refractivity contribution in [1.29, 1.82) is 0 Å². The van der Waals surface area contributed by atoms with Crippen LogP contribution >= 0.6 is 0 Å². The third kappa shape index (κ3) is 4.99. The molecule has 0 bridgehead atoms. The predicted molar refractivity (Wildman–Crippen MR) is 113 cm³/mol. The molecule has 1 saturated carbocycles. The average molecular weight is 416 g/mol. The van der Waals surface area contributed by atoms with Crippen LogP contribution in [0.1, 0.15) is 37.3 Å². The van der Waals surface area contributed by atoms with Crippen molar-refractivity contribution in [1.82, 2.24) is 19.6 Å². The molecule has 0 radical (unpaired) electrons. The Kier molecular flexibility index (Phi) is 6.64. The van der Waals surface area contributed by atoms with Crippen molar-refractivity contribution in [2.75, 3.05) is 45.2 Å². The van der Waals surface area contributed by atoms with Gasteiger partial charge >= 0.3 is 0 Å². The number of aromatic nitrogens is 2. The molecule has 1 aromatic heterocycles. The number of anilines is 1. The number of halogens is 1. The van der Waals surface area contributed by atoms with Crippen LogP contribution in [0.25, 0.3) is 0 Å². The number of hydrogen-bond donors (Lipinski definition) is 1. The summed E-state index contributed by atoms with van der Waals surface area (Å²) in [5, 5.41) is 7.45. The van der Waals surface area contributed by atoms with Crippen molar-refractivity contribution >= 4 is 11.7 Å². The summed E-state index contributed by atoms with van der Waals surface area (Å²) in [4.78, 5) is 17.0. The second-order valence-corrected chi connectivity index (χ2v) is 8.16. The van der Waals surface area contributed by atoms with Gasteiger partial charge in [0.15, 0.2) is 0 Å². The zero-order valence-electron chi connectivity index (χ0n) is 17.5. The molecule has 2 heterocycles. The van der Waals surface area contributed by atoms with E-state index in [0.29, 0.717) is 24.9 Å². The van der Waals surface area contributed by atoms with E-state index < -0.39 is 0 Å². The highest BCUT2D eigenvalue weighted by atomic mass is 19.1. The molecule has 1 amide bonds. The minimum absolute atomic E-state index is 0.00463.